The molecule has 0 heterocycles. The van der Waals surface area contributed by atoms with Crippen LogP contribution in [0.3, 0.4) is 0 Å². The third kappa shape index (κ3) is 6.42. The monoisotopic (exact) mass is 458 g/mol. The molecule has 0 saturated heterocycles. The fraction of sp³-hybridized carbons (Fsp3) is 0.520. The van der Waals surface area contributed by atoms with Crippen molar-refractivity contribution in [3.05, 3.63) is 65.0 Å². The molecular weight excluding hydrogens is 430 g/mol. The molecule has 1 nitrogen and oxygen atoms in total. The predicted molar refractivity (Wildman–Crippen MR) is 111 cm³/mol. The van der Waals surface area contributed by atoms with E-state index in [1.165, 1.54) is 50.7 Å². The van der Waals surface area contributed by atoms with Crippen LogP contribution in [0.15, 0.2) is 42.5 Å². The van der Waals surface area contributed by atoms with Crippen molar-refractivity contribution >= 4 is 0 Å². The Labute approximate surface area is 184 Å². The third-order valence-corrected chi connectivity index (χ3v) is 6.29. The van der Waals surface area contributed by atoms with E-state index in [-0.39, 0.29) is 0 Å². The second-order valence-corrected chi connectivity index (χ2v) is 8.67. The van der Waals surface area contributed by atoms with Crippen molar-refractivity contribution in [2.45, 2.75) is 70.6 Å². The summed E-state index contributed by atoms with van der Waals surface area (Å²) in [6.07, 6.45) is 0.620. The van der Waals surface area contributed by atoms with Gasteiger partial charge in [-0.15, -0.1) is 0 Å². The molecule has 2 aromatic rings. The quantitative estimate of drug-likeness (QED) is 0.360. The summed E-state index contributed by atoms with van der Waals surface area (Å²) in [5, 5.41) is 0. The highest BCUT2D eigenvalue weighted by atomic mass is 19.4. The molecule has 1 fully saturated rings. The van der Waals surface area contributed by atoms with Crippen LogP contribution in [-0.4, -0.2) is 0 Å². The van der Waals surface area contributed by atoms with Gasteiger partial charge in [0, 0.05) is 6.07 Å². The predicted octanol–water partition coefficient (Wildman–Crippen LogP) is 8.51. The SMILES string of the molecule is CCCC1CCC(CCc2ccc(C(F)(F)Oc3ccc(C(F)(F)F)c(F)c3)cc2)CC1. The van der Waals surface area contributed by atoms with Gasteiger partial charge < -0.3 is 4.74 Å². The molecule has 0 aromatic heterocycles. The van der Waals surface area contributed by atoms with Crippen molar-refractivity contribution in [2.24, 2.45) is 11.8 Å². The van der Waals surface area contributed by atoms with Crippen LogP contribution < -0.4 is 4.74 Å². The number of halogens is 6. The van der Waals surface area contributed by atoms with Crippen molar-refractivity contribution in [1.29, 1.82) is 0 Å². The minimum Gasteiger partial charge on any atom is -0.429 e. The van der Waals surface area contributed by atoms with Crippen LogP contribution in [0.5, 0.6) is 5.75 Å². The molecule has 176 valence electrons. The van der Waals surface area contributed by atoms with Gasteiger partial charge in [-0.05, 0) is 54.5 Å². The summed E-state index contributed by atoms with van der Waals surface area (Å²) in [6, 6.07) is 7.11. The molecule has 0 atom stereocenters. The Balaban J connectivity index is 1.56. The van der Waals surface area contributed by atoms with Crippen LogP contribution in [0.4, 0.5) is 26.3 Å². The van der Waals surface area contributed by atoms with Crippen LogP contribution in [0.1, 0.15) is 68.6 Å². The standard InChI is InChI=1S/C25H28F6O/c1-2-3-17-4-6-18(7-5-17)8-9-19-10-12-20(13-11-19)25(30,31)32-21-14-15-22(23(26)16-21)24(27,28)29/h10-18H,2-9H2,1H3. The molecule has 0 spiro atoms. The van der Waals surface area contributed by atoms with E-state index in [0.717, 1.165) is 24.3 Å². The number of hydrogen-bond donors (Lipinski definition) is 0. The molecule has 0 aliphatic heterocycles. The maximum absolute atomic E-state index is 14.4. The first kappa shape index (κ1) is 24.5. The van der Waals surface area contributed by atoms with Crippen molar-refractivity contribution in [3.8, 4) is 5.75 Å². The summed E-state index contributed by atoms with van der Waals surface area (Å²) in [6.45, 7) is 2.21. The second-order valence-electron chi connectivity index (χ2n) is 8.67. The zero-order valence-electron chi connectivity index (χ0n) is 18.0. The van der Waals surface area contributed by atoms with Gasteiger partial charge in [0.2, 0.25) is 0 Å². The second kappa shape index (κ2) is 10.2. The molecule has 2 aromatic carbocycles. The molecule has 1 aliphatic rings. The summed E-state index contributed by atoms with van der Waals surface area (Å²) in [5.41, 5.74) is -1.03. The molecule has 1 saturated carbocycles. The zero-order valence-corrected chi connectivity index (χ0v) is 18.0. The van der Waals surface area contributed by atoms with Gasteiger partial charge in [-0.3, -0.25) is 0 Å². The molecule has 0 N–H and O–H groups in total. The Hall–Kier alpha value is -2.18. The first-order valence-corrected chi connectivity index (χ1v) is 11.1. The van der Waals surface area contributed by atoms with Crippen LogP contribution in [-0.2, 0) is 18.7 Å². The lowest BCUT2D eigenvalue weighted by molar-refractivity contribution is -0.185. The first-order valence-electron chi connectivity index (χ1n) is 11.1. The smallest absolute Gasteiger partial charge is 0.426 e. The summed E-state index contributed by atoms with van der Waals surface area (Å²) in [5.74, 6) is -0.828. The normalized spacial score (nSPS) is 19.7. The van der Waals surface area contributed by atoms with Gasteiger partial charge in [0.25, 0.3) is 0 Å². The van der Waals surface area contributed by atoms with Gasteiger partial charge in [0.15, 0.2) is 0 Å². The van der Waals surface area contributed by atoms with Crippen LogP contribution in [0.2, 0.25) is 0 Å². The van der Waals surface area contributed by atoms with E-state index in [0.29, 0.717) is 24.1 Å². The topological polar surface area (TPSA) is 9.23 Å². The summed E-state index contributed by atoms with van der Waals surface area (Å²) in [7, 11) is 0. The Morgan fingerprint density at radius 3 is 1.97 bits per heavy atom. The first-order chi connectivity index (χ1) is 15.1. The van der Waals surface area contributed by atoms with Gasteiger partial charge in [-0.25, -0.2) is 4.39 Å². The van der Waals surface area contributed by atoms with E-state index in [4.69, 9.17) is 0 Å². The Morgan fingerprint density at radius 2 is 1.44 bits per heavy atom. The molecule has 0 radical (unpaired) electrons. The minimum absolute atomic E-state index is 0.320. The van der Waals surface area contributed by atoms with Crippen molar-refractivity contribution in [2.75, 3.05) is 0 Å². The van der Waals surface area contributed by atoms with Crippen molar-refractivity contribution < 1.29 is 31.1 Å². The van der Waals surface area contributed by atoms with Gasteiger partial charge in [0.1, 0.15) is 11.6 Å². The van der Waals surface area contributed by atoms with Crippen LogP contribution in [0.25, 0.3) is 0 Å². The highest BCUT2D eigenvalue weighted by Gasteiger charge is 2.37. The van der Waals surface area contributed by atoms with E-state index in [1.54, 1.807) is 12.1 Å². The minimum atomic E-state index is -4.91. The van der Waals surface area contributed by atoms with E-state index in [9.17, 15) is 26.3 Å². The average Bonchev–Trinajstić information content (AvgIpc) is 2.72. The lowest BCUT2D eigenvalue weighted by Gasteiger charge is -2.28. The number of aryl methyl sites for hydroxylation is 1. The number of hydrogen-bond acceptors (Lipinski definition) is 1. The van der Waals surface area contributed by atoms with E-state index in [1.807, 2.05) is 0 Å². The molecule has 1 aliphatic carbocycles. The molecule has 0 unspecified atom stereocenters. The summed E-state index contributed by atoms with van der Waals surface area (Å²) >= 11 is 0. The number of alkyl halides is 5. The van der Waals surface area contributed by atoms with E-state index >= 15 is 0 Å². The maximum atomic E-state index is 14.4. The lowest BCUT2D eigenvalue weighted by Crippen LogP contribution is -2.22. The number of ether oxygens (including phenoxy) is 1. The summed E-state index contributed by atoms with van der Waals surface area (Å²) < 4.78 is 84.9. The Kier molecular flexibility index (Phi) is 7.78. The van der Waals surface area contributed by atoms with Gasteiger partial charge in [-0.1, -0.05) is 57.6 Å². The Morgan fingerprint density at radius 1 is 0.844 bits per heavy atom. The van der Waals surface area contributed by atoms with Gasteiger partial charge in [0.05, 0.1) is 11.1 Å². The lowest BCUT2D eigenvalue weighted by atomic mass is 9.78. The zero-order chi connectivity index (χ0) is 23.4. The fourth-order valence-electron chi connectivity index (χ4n) is 4.45. The highest BCUT2D eigenvalue weighted by Crippen LogP contribution is 2.37. The van der Waals surface area contributed by atoms with E-state index in [2.05, 4.69) is 11.7 Å². The highest BCUT2D eigenvalue weighted by molar-refractivity contribution is 5.32. The van der Waals surface area contributed by atoms with Crippen molar-refractivity contribution in [3.63, 3.8) is 0 Å². The number of benzene rings is 2. The molecule has 7 heteroatoms. The van der Waals surface area contributed by atoms with Gasteiger partial charge in [-0.2, -0.15) is 22.0 Å². The Bertz CT molecular complexity index is 867. The molecule has 32 heavy (non-hydrogen) atoms. The number of rotatable bonds is 8. The summed E-state index contributed by atoms with van der Waals surface area (Å²) in [4.78, 5) is 0. The largest absolute Gasteiger partial charge is 0.429 e. The van der Waals surface area contributed by atoms with Gasteiger partial charge >= 0.3 is 12.3 Å². The van der Waals surface area contributed by atoms with Crippen LogP contribution >= 0.6 is 0 Å². The molecule has 0 amide bonds. The van der Waals surface area contributed by atoms with E-state index < -0.39 is 35.0 Å². The third-order valence-electron chi connectivity index (χ3n) is 6.29. The molecule has 3 rings (SSSR count). The molecule has 0 bridgehead atoms. The maximum Gasteiger partial charge on any atom is 0.426 e. The average molecular weight is 458 g/mol. The fourth-order valence-corrected chi connectivity index (χ4v) is 4.45. The molecular formula is C25H28F6O. The van der Waals surface area contributed by atoms with Crippen LogP contribution in [0, 0.1) is 17.7 Å². The van der Waals surface area contributed by atoms with Crippen molar-refractivity contribution in [1.82, 2.24) is 0 Å².